The van der Waals surface area contributed by atoms with Crippen molar-refractivity contribution in [3.05, 3.63) is 60.2 Å². The quantitative estimate of drug-likeness (QED) is 0.0939. The molecule has 1 aliphatic carbocycles. The zero-order valence-corrected chi connectivity index (χ0v) is 24.3. The molecule has 3 atom stereocenters. The van der Waals surface area contributed by atoms with Gasteiger partial charge in [-0.25, -0.2) is 4.79 Å². The highest BCUT2D eigenvalue weighted by Gasteiger charge is 2.55. The number of benzene rings is 2. The lowest BCUT2D eigenvalue weighted by atomic mass is 10.0. The Kier molecular flexibility index (Phi) is 9.71. The normalized spacial score (nSPS) is 19.0. The number of hydrogen-bond donors (Lipinski definition) is 0. The number of ether oxygens (including phenoxy) is 3. The van der Waals surface area contributed by atoms with E-state index in [0.717, 1.165) is 24.8 Å². The van der Waals surface area contributed by atoms with Crippen molar-refractivity contribution in [3.63, 3.8) is 0 Å². The third-order valence-corrected chi connectivity index (χ3v) is 7.62. The van der Waals surface area contributed by atoms with Crippen molar-refractivity contribution in [2.45, 2.75) is 90.6 Å². The van der Waals surface area contributed by atoms with E-state index in [1.54, 1.807) is 34.9 Å². The first-order chi connectivity index (χ1) is 20.2. The zero-order chi connectivity index (χ0) is 31.5. The number of fused-ring (bicyclic) bond motifs is 1. The van der Waals surface area contributed by atoms with Crippen LogP contribution in [0, 0.1) is 5.92 Å². The highest BCUT2D eigenvalue weighted by molar-refractivity contribution is 5.89. The van der Waals surface area contributed by atoms with Crippen molar-refractivity contribution in [2.75, 3.05) is 0 Å². The number of esters is 1. The summed E-state index contributed by atoms with van der Waals surface area (Å²) >= 11 is 0. The Morgan fingerprint density at radius 3 is 2.33 bits per heavy atom. The molecule has 11 heteroatoms. The first-order valence-electron chi connectivity index (χ1n) is 14.3. The van der Waals surface area contributed by atoms with Crippen molar-refractivity contribution >= 4 is 16.9 Å². The molecule has 0 spiro atoms. The highest BCUT2D eigenvalue weighted by atomic mass is 19.4. The smallest absolute Gasteiger partial charge is 0.490 e. The first-order valence-corrected chi connectivity index (χ1v) is 14.3. The largest absolute Gasteiger partial charge is 0.573 e. The average Bonchev–Trinajstić information content (AvgIpc) is 3.48. The van der Waals surface area contributed by atoms with Crippen molar-refractivity contribution in [1.29, 1.82) is 0 Å². The molecule has 0 radical (unpaired) electrons. The Morgan fingerprint density at radius 1 is 0.977 bits per heavy atom. The van der Waals surface area contributed by atoms with Crippen molar-refractivity contribution in [2.24, 2.45) is 5.92 Å². The van der Waals surface area contributed by atoms with E-state index >= 15 is 0 Å². The van der Waals surface area contributed by atoms with E-state index in [0.29, 0.717) is 29.6 Å². The fourth-order valence-corrected chi connectivity index (χ4v) is 5.62. The second-order valence-electron chi connectivity index (χ2n) is 10.9. The van der Waals surface area contributed by atoms with Crippen LogP contribution in [0.3, 0.4) is 0 Å². The van der Waals surface area contributed by atoms with E-state index in [4.69, 9.17) is 9.47 Å². The molecular formula is C32H35F6NO4. The standard InChI is InChI=1S/C32H35F6NO4/c1-5-7-8-9-20-10-13-23(28(16-20)43-32(36,37)38)25-17-21-11-12-22(18-24(21)39(25)6-2)41-26-14-15-27(29(26)31(33,34)35)42-30(40)19(3)4/h10-13,16-18,26-27,29H,3,5-9,14-15H2,1-2,4H3. The number of unbranched alkanes of at least 4 members (excludes halogenated alkanes) is 2. The number of nitrogens with zero attached hydrogens (tertiary/aromatic N) is 1. The molecule has 4 rings (SSSR count). The number of carbonyl (C=O) groups excluding carboxylic acids is 1. The minimum Gasteiger partial charge on any atom is -0.490 e. The van der Waals surface area contributed by atoms with E-state index in [2.05, 4.69) is 11.3 Å². The molecule has 2 aromatic carbocycles. The van der Waals surface area contributed by atoms with Crippen LogP contribution in [0.15, 0.2) is 54.6 Å². The predicted octanol–water partition coefficient (Wildman–Crippen LogP) is 9.17. The lowest BCUT2D eigenvalue weighted by Gasteiger charge is -2.27. The number of aryl methyl sites for hydroxylation is 2. The van der Waals surface area contributed by atoms with Gasteiger partial charge in [-0.3, -0.25) is 0 Å². The minimum atomic E-state index is -4.90. The molecule has 3 aromatic rings. The Bertz CT molecular complexity index is 1460. The van der Waals surface area contributed by atoms with Crippen molar-refractivity contribution in [1.82, 2.24) is 4.57 Å². The van der Waals surface area contributed by atoms with Crippen LogP contribution in [0.2, 0.25) is 0 Å². The molecular weight excluding hydrogens is 576 g/mol. The Labute approximate surface area is 246 Å². The molecule has 1 heterocycles. The summed E-state index contributed by atoms with van der Waals surface area (Å²) in [5.74, 6) is -3.07. The number of halogens is 6. The van der Waals surface area contributed by atoms with Crippen LogP contribution in [0.25, 0.3) is 22.2 Å². The fourth-order valence-electron chi connectivity index (χ4n) is 5.62. The minimum absolute atomic E-state index is 0.00167. The summed E-state index contributed by atoms with van der Waals surface area (Å²) in [6, 6.07) is 11.3. The summed E-state index contributed by atoms with van der Waals surface area (Å²) in [6.45, 7) is 9.01. The Hall–Kier alpha value is -3.63. The van der Waals surface area contributed by atoms with Crippen molar-refractivity contribution < 1.29 is 45.3 Å². The fraction of sp³-hybridized carbons (Fsp3) is 0.469. The topological polar surface area (TPSA) is 49.7 Å². The summed E-state index contributed by atoms with van der Waals surface area (Å²) in [5, 5.41) is 0.668. The zero-order valence-electron chi connectivity index (χ0n) is 24.3. The molecule has 1 saturated carbocycles. The third-order valence-electron chi connectivity index (χ3n) is 7.62. The lowest BCUT2D eigenvalue weighted by Crippen LogP contribution is -2.41. The third kappa shape index (κ3) is 7.67. The van der Waals surface area contributed by atoms with E-state index in [1.807, 2.05) is 13.8 Å². The number of aromatic nitrogens is 1. The summed E-state index contributed by atoms with van der Waals surface area (Å²) in [4.78, 5) is 11.9. The molecule has 3 unspecified atom stereocenters. The van der Waals surface area contributed by atoms with Gasteiger partial charge in [0.15, 0.2) is 0 Å². The SMILES string of the molecule is C=C(C)C(=O)OC1CCC(Oc2ccc3cc(-c4ccc(CCCCC)cc4OC(F)(F)F)n(CC)c3c2)C1C(F)(F)F. The predicted molar refractivity (Wildman–Crippen MR) is 151 cm³/mol. The molecule has 0 bridgehead atoms. The molecule has 5 nitrogen and oxygen atoms in total. The maximum atomic E-state index is 14.1. The molecule has 1 fully saturated rings. The summed E-state index contributed by atoms with van der Waals surface area (Å²) < 4.78 is 99.5. The van der Waals surface area contributed by atoms with Crippen LogP contribution in [0.1, 0.15) is 58.4 Å². The number of carbonyl (C=O) groups is 1. The van der Waals surface area contributed by atoms with Gasteiger partial charge in [0.2, 0.25) is 0 Å². The van der Waals surface area contributed by atoms with Crippen LogP contribution >= 0.6 is 0 Å². The van der Waals surface area contributed by atoms with E-state index in [1.165, 1.54) is 19.1 Å². The van der Waals surface area contributed by atoms with Gasteiger partial charge in [0.05, 0.1) is 11.2 Å². The van der Waals surface area contributed by atoms with Crippen LogP contribution in [0.5, 0.6) is 11.5 Å². The van der Waals surface area contributed by atoms with Gasteiger partial charge in [-0.1, -0.05) is 32.4 Å². The van der Waals surface area contributed by atoms with Gasteiger partial charge < -0.3 is 18.8 Å². The molecule has 0 aliphatic heterocycles. The number of hydrogen-bond acceptors (Lipinski definition) is 4. The maximum absolute atomic E-state index is 14.1. The first kappa shape index (κ1) is 32.3. The van der Waals surface area contributed by atoms with Gasteiger partial charge in [-0.15, -0.1) is 13.2 Å². The van der Waals surface area contributed by atoms with Gasteiger partial charge >= 0.3 is 18.5 Å². The van der Waals surface area contributed by atoms with E-state index in [9.17, 15) is 31.1 Å². The Balaban J connectivity index is 1.67. The van der Waals surface area contributed by atoms with Gasteiger partial charge in [-0.2, -0.15) is 13.2 Å². The van der Waals surface area contributed by atoms with Crippen LogP contribution in [-0.4, -0.2) is 35.3 Å². The number of alkyl halides is 6. The molecule has 0 amide bonds. The molecule has 43 heavy (non-hydrogen) atoms. The molecule has 0 saturated heterocycles. The molecule has 234 valence electrons. The van der Waals surface area contributed by atoms with Crippen LogP contribution in [-0.2, 0) is 22.5 Å². The average molecular weight is 612 g/mol. The Morgan fingerprint density at radius 2 is 1.70 bits per heavy atom. The summed E-state index contributed by atoms with van der Waals surface area (Å²) in [5.41, 5.74) is 2.02. The van der Waals surface area contributed by atoms with E-state index < -0.39 is 36.6 Å². The van der Waals surface area contributed by atoms with Crippen LogP contribution < -0.4 is 9.47 Å². The second kappa shape index (κ2) is 12.9. The number of rotatable bonds is 11. The van der Waals surface area contributed by atoms with Gasteiger partial charge in [0.1, 0.15) is 29.6 Å². The summed E-state index contributed by atoms with van der Waals surface area (Å²) in [6.07, 6.45) is -8.89. The van der Waals surface area contributed by atoms with E-state index in [-0.39, 0.29) is 35.5 Å². The molecule has 0 N–H and O–H groups in total. The monoisotopic (exact) mass is 611 g/mol. The second-order valence-corrected chi connectivity index (χ2v) is 10.9. The van der Waals surface area contributed by atoms with Crippen molar-refractivity contribution in [3.8, 4) is 22.8 Å². The molecule has 1 aromatic heterocycles. The van der Waals surface area contributed by atoms with Gasteiger partial charge in [0.25, 0.3) is 0 Å². The molecule has 1 aliphatic rings. The van der Waals surface area contributed by atoms with Crippen LogP contribution in [0.4, 0.5) is 26.3 Å². The summed E-state index contributed by atoms with van der Waals surface area (Å²) in [7, 11) is 0. The highest BCUT2D eigenvalue weighted by Crippen LogP contribution is 2.44. The van der Waals surface area contributed by atoms with Gasteiger partial charge in [0, 0.05) is 29.1 Å². The maximum Gasteiger partial charge on any atom is 0.573 e. The van der Waals surface area contributed by atoms with Gasteiger partial charge in [-0.05, 0) is 75.4 Å². The lowest BCUT2D eigenvalue weighted by molar-refractivity contribution is -0.274.